The lowest BCUT2D eigenvalue weighted by atomic mass is 9.85. The molecule has 0 unspecified atom stereocenters. The SMILES string of the molecule is CC1CC(=NNC(N)=O)C1. The van der Waals surface area contributed by atoms with E-state index < -0.39 is 6.03 Å². The molecule has 1 aliphatic carbocycles. The summed E-state index contributed by atoms with van der Waals surface area (Å²) in [5.41, 5.74) is 8.03. The Morgan fingerprint density at radius 3 is 2.80 bits per heavy atom. The number of carbonyl (C=O) groups is 1. The van der Waals surface area contributed by atoms with Gasteiger partial charge in [-0.1, -0.05) is 6.92 Å². The van der Waals surface area contributed by atoms with Crippen LogP contribution in [-0.4, -0.2) is 11.7 Å². The van der Waals surface area contributed by atoms with Crippen LogP contribution in [0.5, 0.6) is 0 Å². The van der Waals surface area contributed by atoms with E-state index in [1.54, 1.807) is 0 Å². The number of carbonyl (C=O) groups excluding carboxylic acids is 1. The summed E-state index contributed by atoms with van der Waals surface area (Å²) in [6.45, 7) is 2.14. The van der Waals surface area contributed by atoms with Crippen LogP contribution in [0.2, 0.25) is 0 Å². The number of hydrogen-bond donors (Lipinski definition) is 2. The molecule has 0 aromatic heterocycles. The zero-order valence-electron chi connectivity index (χ0n) is 5.92. The van der Waals surface area contributed by atoms with Crippen LogP contribution < -0.4 is 11.2 Å². The molecule has 0 radical (unpaired) electrons. The van der Waals surface area contributed by atoms with Gasteiger partial charge in [0.1, 0.15) is 0 Å². The third-order valence-electron chi connectivity index (χ3n) is 1.49. The van der Waals surface area contributed by atoms with Crippen LogP contribution in [0, 0.1) is 5.92 Å². The third-order valence-corrected chi connectivity index (χ3v) is 1.49. The monoisotopic (exact) mass is 141 g/mol. The van der Waals surface area contributed by atoms with Gasteiger partial charge in [-0.15, -0.1) is 0 Å². The van der Waals surface area contributed by atoms with Crippen molar-refractivity contribution in [3.63, 3.8) is 0 Å². The van der Waals surface area contributed by atoms with E-state index in [9.17, 15) is 4.79 Å². The molecule has 1 fully saturated rings. The van der Waals surface area contributed by atoms with Gasteiger partial charge in [0, 0.05) is 5.71 Å². The number of rotatable bonds is 1. The van der Waals surface area contributed by atoms with Crippen LogP contribution in [0.3, 0.4) is 0 Å². The first-order valence-corrected chi connectivity index (χ1v) is 3.29. The standard InChI is InChI=1S/C6H11N3O/c1-4-2-5(3-4)8-9-6(7)10/h4H,2-3H2,1H3,(H3,7,9,10). The zero-order valence-corrected chi connectivity index (χ0v) is 5.92. The second-order valence-electron chi connectivity index (χ2n) is 2.67. The minimum atomic E-state index is -0.591. The molecule has 0 aromatic rings. The lowest BCUT2D eigenvalue weighted by Crippen LogP contribution is -2.29. The summed E-state index contributed by atoms with van der Waals surface area (Å²) in [5.74, 6) is 0.716. The molecule has 0 atom stereocenters. The van der Waals surface area contributed by atoms with Gasteiger partial charge in [0.25, 0.3) is 0 Å². The highest BCUT2D eigenvalue weighted by Gasteiger charge is 2.19. The molecule has 1 aliphatic rings. The molecule has 0 aliphatic heterocycles. The lowest BCUT2D eigenvalue weighted by Gasteiger charge is -2.22. The predicted octanol–water partition coefficient (Wildman–Crippen LogP) is 0.441. The van der Waals surface area contributed by atoms with Crippen molar-refractivity contribution < 1.29 is 4.79 Å². The molecule has 56 valence electrons. The maximum atomic E-state index is 10.1. The van der Waals surface area contributed by atoms with Crippen LogP contribution in [0.4, 0.5) is 4.79 Å². The molecule has 0 saturated heterocycles. The van der Waals surface area contributed by atoms with Crippen molar-refractivity contribution >= 4 is 11.7 Å². The fourth-order valence-corrected chi connectivity index (χ4v) is 0.970. The van der Waals surface area contributed by atoms with Crippen LogP contribution in [0.15, 0.2) is 5.10 Å². The maximum Gasteiger partial charge on any atom is 0.332 e. The highest BCUT2D eigenvalue weighted by molar-refractivity contribution is 5.90. The van der Waals surface area contributed by atoms with E-state index in [4.69, 9.17) is 5.73 Å². The molecule has 1 rings (SSSR count). The molecule has 0 bridgehead atoms. The summed E-state index contributed by atoms with van der Waals surface area (Å²) in [4.78, 5) is 10.1. The van der Waals surface area contributed by atoms with Crippen molar-refractivity contribution in [3.8, 4) is 0 Å². The van der Waals surface area contributed by atoms with Gasteiger partial charge < -0.3 is 5.73 Å². The van der Waals surface area contributed by atoms with Crippen molar-refractivity contribution in [2.24, 2.45) is 16.8 Å². The summed E-state index contributed by atoms with van der Waals surface area (Å²) in [7, 11) is 0. The quantitative estimate of drug-likeness (QED) is 0.511. The minimum Gasteiger partial charge on any atom is -0.350 e. The summed E-state index contributed by atoms with van der Waals surface area (Å²) in [5, 5.41) is 3.77. The number of hydrazone groups is 1. The van der Waals surface area contributed by atoms with Gasteiger partial charge in [-0.2, -0.15) is 5.10 Å². The van der Waals surface area contributed by atoms with Crippen molar-refractivity contribution in [2.75, 3.05) is 0 Å². The molecular formula is C6H11N3O. The van der Waals surface area contributed by atoms with Crippen LogP contribution in [0.1, 0.15) is 19.8 Å². The van der Waals surface area contributed by atoms with Crippen molar-refractivity contribution in [2.45, 2.75) is 19.8 Å². The van der Waals surface area contributed by atoms with E-state index in [2.05, 4.69) is 17.5 Å². The minimum absolute atomic E-state index is 0.591. The molecule has 0 aromatic carbocycles. The van der Waals surface area contributed by atoms with Gasteiger partial charge in [0.15, 0.2) is 0 Å². The van der Waals surface area contributed by atoms with E-state index >= 15 is 0 Å². The highest BCUT2D eigenvalue weighted by atomic mass is 16.2. The first kappa shape index (κ1) is 7.05. The van der Waals surface area contributed by atoms with Gasteiger partial charge in [0.05, 0.1) is 0 Å². The number of hydrogen-bond acceptors (Lipinski definition) is 2. The summed E-state index contributed by atoms with van der Waals surface area (Å²) in [6, 6.07) is -0.591. The normalized spacial score (nSPS) is 23.3. The van der Waals surface area contributed by atoms with E-state index in [0.717, 1.165) is 18.6 Å². The molecular weight excluding hydrogens is 130 g/mol. The second-order valence-corrected chi connectivity index (χ2v) is 2.67. The molecule has 3 N–H and O–H groups in total. The molecule has 0 spiro atoms. The van der Waals surface area contributed by atoms with Crippen molar-refractivity contribution in [1.29, 1.82) is 0 Å². The number of urea groups is 1. The van der Waals surface area contributed by atoms with Crippen LogP contribution in [-0.2, 0) is 0 Å². The number of amides is 2. The summed E-state index contributed by atoms with van der Waals surface area (Å²) in [6.07, 6.45) is 1.97. The van der Waals surface area contributed by atoms with E-state index in [1.165, 1.54) is 0 Å². The van der Waals surface area contributed by atoms with E-state index in [-0.39, 0.29) is 0 Å². The number of nitrogens with two attached hydrogens (primary N) is 1. The van der Waals surface area contributed by atoms with E-state index in [1.807, 2.05) is 0 Å². The summed E-state index contributed by atoms with van der Waals surface area (Å²) >= 11 is 0. The molecule has 2 amide bonds. The molecule has 1 saturated carbocycles. The Bertz CT molecular complexity index is 168. The third kappa shape index (κ3) is 1.72. The smallest absolute Gasteiger partial charge is 0.332 e. The molecule has 4 nitrogen and oxygen atoms in total. The van der Waals surface area contributed by atoms with Gasteiger partial charge in [-0.05, 0) is 18.8 Å². The van der Waals surface area contributed by atoms with Gasteiger partial charge >= 0.3 is 6.03 Å². The Labute approximate surface area is 59.5 Å². The first-order valence-electron chi connectivity index (χ1n) is 3.29. The van der Waals surface area contributed by atoms with Crippen molar-refractivity contribution in [1.82, 2.24) is 5.43 Å². The fraction of sp³-hybridized carbons (Fsp3) is 0.667. The van der Waals surface area contributed by atoms with Crippen LogP contribution in [0.25, 0.3) is 0 Å². The zero-order chi connectivity index (χ0) is 7.56. The number of nitrogens with zero attached hydrogens (tertiary/aromatic N) is 1. The average molecular weight is 141 g/mol. The molecule has 10 heavy (non-hydrogen) atoms. The number of primary amides is 1. The second kappa shape index (κ2) is 2.68. The molecule has 4 heteroatoms. The Morgan fingerprint density at radius 1 is 1.80 bits per heavy atom. The lowest BCUT2D eigenvalue weighted by molar-refractivity contribution is 0.249. The Kier molecular flexibility index (Phi) is 1.89. The number of nitrogens with one attached hydrogen (secondary N) is 1. The fourth-order valence-electron chi connectivity index (χ4n) is 0.970. The highest BCUT2D eigenvalue weighted by Crippen LogP contribution is 2.22. The van der Waals surface area contributed by atoms with Crippen molar-refractivity contribution in [3.05, 3.63) is 0 Å². The topological polar surface area (TPSA) is 67.5 Å². The van der Waals surface area contributed by atoms with Gasteiger partial charge in [-0.25, -0.2) is 10.2 Å². The average Bonchev–Trinajstić information content (AvgIpc) is 1.77. The van der Waals surface area contributed by atoms with E-state index in [0.29, 0.717) is 5.92 Å². The van der Waals surface area contributed by atoms with Crippen LogP contribution >= 0.6 is 0 Å². The molecule has 0 heterocycles. The predicted molar refractivity (Wildman–Crippen MR) is 38.6 cm³/mol. The Balaban J connectivity index is 2.23. The largest absolute Gasteiger partial charge is 0.350 e. The Morgan fingerprint density at radius 2 is 2.40 bits per heavy atom. The first-order chi connectivity index (χ1) is 4.68. The summed E-state index contributed by atoms with van der Waals surface area (Å²) < 4.78 is 0. The van der Waals surface area contributed by atoms with Gasteiger partial charge in [0.2, 0.25) is 0 Å². The Hall–Kier alpha value is -1.06. The maximum absolute atomic E-state index is 10.1. The van der Waals surface area contributed by atoms with Gasteiger partial charge in [-0.3, -0.25) is 0 Å².